The highest BCUT2D eigenvalue weighted by Gasteiger charge is 2.39. The van der Waals surface area contributed by atoms with Crippen LogP contribution in [0.5, 0.6) is 0 Å². The zero-order valence-electron chi connectivity index (χ0n) is 9.61. The van der Waals surface area contributed by atoms with Crippen LogP contribution in [-0.2, 0) is 10.0 Å². The van der Waals surface area contributed by atoms with Crippen LogP contribution in [0.4, 0.5) is 0 Å². The molecule has 0 unspecified atom stereocenters. The molecule has 0 aliphatic heterocycles. The van der Waals surface area contributed by atoms with E-state index in [4.69, 9.17) is 5.14 Å². The lowest BCUT2D eigenvalue weighted by Crippen LogP contribution is -2.33. The number of amides is 1. The molecule has 0 spiro atoms. The predicted octanol–water partition coefficient (Wildman–Crippen LogP) is 0.986. The van der Waals surface area contributed by atoms with E-state index >= 15 is 0 Å². The molecular weight excluding hydrogens is 260 g/mol. The fourth-order valence-electron chi connectivity index (χ4n) is 1.51. The van der Waals surface area contributed by atoms with Crippen molar-refractivity contribution >= 4 is 27.3 Å². The molecule has 17 heavy (non-hydrogen) atoms. The molecule has 2 rings (SSSR count). The summed E-state index contributed by atoms with van der Waals surface area (Å²) >= 11 is 1.15. The molecule has 0 atom stereocenters. The summed E-state index contributed by atoms with van der Waals surface area (Å²) in [4.78, 5) is 12.8. The average Bonchev–Trinajstić information content (AvgIpc) is 2.75. The Morgan fingerprint density at radius 1 is 1.53 bits per heavy atom. The van der Waals surface area contributed by atoms with Gasteiger partial charge in [-0.3, -0.25) is 4.79 Å². The van der Waals surface area contributed by atoms with Crippen molar-refractivity contribution in [3.63, 3.8) is 0 Å². The Bertz CT molecular complexity index is 570. The zero-order valence-corrected chi connectivity index (χ0v) is 11.2. The van der Waals surface area contributed by atoms with Gasteiger partial charge in [-0.15, -0.1) is 11.3 Å². The Morgan fingerprint density at radius 3 is 2.53 bits per heavy atom. The molecule has 1 saturated carbocycles. The number of aryl methyl sites for hydroxylation is 1. The Labute approximate surface area is 104 Å². The summed E-state index contributed by atoms with van der Waals surface area (Å²) in [5.41, 5.74) is -0.114. The molecule has 5 nitrogen and oxygen atoms in total. The number of rotatable bonds is 3. The van der Waals surface area contributed by atoms with Crippen molar-refractivity contribution in [1.29, 1.82) is 0 Å². The lowest BCUT2D eigenvalue weighted by Gasteiger charge is -2.09. The van der Waals surface area contributed by atoms with Gasteiger partial charge >= 0.3 is 0 Å². The molecule has 1 aliphatic carbocycles. The van der Waals surface area contributed by atoms with Crippen LogP contribution < -0.4 is 10.5 Å². The molecule has 1 fully saturated rings. The van der Waals surface area contributed by atoms with Gasteiger partial charge in [0.1, 0.15) is 0 Å². The Kier molecular flexibility index (Phi) is 2.80. The normalized spacial score (nSPS) is 17.8. The Morgan fingerprint density at radius 2 is 2.12 bits per heavy atom. The molecule has 1 aromatic rings. The van der Waals surface area contributed by atoms with Gasteiger partial charge in [-0.2, -0.15) is 0 Å². The van der Waals surface area contributed by atoms with Crippen molar-refractivity contribution in [3.05, 3.63) is 15.8 Å². The van der Waals surface area contributed by atoms with Crippen molar-refractivity contribution in [2.75, 3.05) is 0 Å². The third-order valence-corrected chi connectivity index (χ3v) is 5.03. The predicted molar refractivity (Wildman–Crippen MR) is 65.5 cm³/mol. The van der Waals surface area contributed by atoms with Crippen LogP contribution in [0.15, 0.2) is 11.0 Å². The summed E-state index contributed by atoms with van der Waals surface area (Å²) in [7, 11) is -3.74. The fraction of sp³-hybridized carbons (Fsp3) is 0.500. The second-order valence-corrected chi connectivity index (χ2v) is 7.38. The van der Waals surface area contributed by atoms with Gasteiger partial charge in [0.15, 0.2) is 0 Å². The highest BCUT2D eigenvalue weighted by molar-refractivity contribution is 7.89. The number of nitrogens with one attached hydrogen (secondary N) is 1. The SMILES string of the molecule is Cc1sc(C(=O)NC2(C)CC2)cc1S(N)(=O)=O. The highest BCUT2D eigenvalue weighted by atomic mass is 32.2. The minimum absolute atomic E-state index is 0.0357. The summed E-state index contributed by atoms with van der Waals surface area (Å²) in [6.45, 7) is 3.60. The van der Waals surface area contributed by atoms with E-state index in [2.05, 4.69) is 5.32 Å². The number of hydrogen-bond donors (Lipinski definition) is 2. The van der Waals surface area contributed by atoms with E-state index in [0.29, 0.717) is 9.75 Å². The van der Waals surface area contributed by atoms with Crippen molar-refractivity contribution in [1.82, 2.24) is 5.32 Å². The second kappa shape index (κ2) is 3.79. The van der Waals surface area contributed by atoms with Gasteiger partial charge in [0.05, 0.1) is 9.77 Å². The molecule has 0 radical (unpaired) electrons. The van der Waals surface area contributed by atoms with Gasteiger partial charge in [0.2, 0.25) is 10.0 Å². The van der Waals surface area contributed by atoms with Crippen LogP contribution in [0.2, 0.25) is 0 Å². The molecule has 0 bridgehead atoms. The second-order valence-electron chi connectivity index (χ2n) is 4.59. The van der Waals surface area contributed by atoms with E-state index in [0.717, 1.165) is 24.2 Å². The molecule has 94 valence electrons. The number of thiophene rings is 1. The highest BCUT2D eigenvalue weighted by Crippen LogP contribution is 2.35. The number of carbonyl (C=O) groups is 1. The third kappa shape index (κ3) is 2.67. The smallest absolute Gasteiger partial charge is 0.261 e. The van der Waals surface area contributed by atoms with Gasteiger partial charge in [-0.05, 0) is 32.8 Å². The summed E-state index contributed by atoms with van der Waals surface area (Å²) in [5.74, 6) is -0.229. The number of nitrogens with two attached hydrogens (primary N) is 1. The van der Waals surface area contributed by atoms with Crippen LogP contribution in [0.25, 0.3) is 0 Å². The first kappa shape index (κ1) is 12.5. The number of carbonyl (C=O) groups excluding carboxylic acids is 1. The van der Waals surface area contributed by atoms with Gasteiger partial charge in [0, 0.05) is 10.4 Å². The Hall–Kier alpha value is -0.920. The van der Waals surface area contributed by atoms with E-state index in [1.807, 2.05) is 6.92 Å². The van der Waals surface area contributed by atoms with Crippen LogP contribution in [-0.4, -0.2) is 19.9 Å². The van der Waals surface area contributed by atoms with Crippen molar-refractivity contribution < 1.29 is 13.2 Å². The largest absolute Gasteiger partial charge is 0.346 e. The zero-order chi connectivity index (χ0) is 12.8. The third-order valence-electron chi connectivity index (χ3n) is 2.82. The van der Waals surface area contributed by atoms with Crippen molar-refractivity contribution in [2.45, 2.75) is 37.1 Å². The maximum atomic E-state index is 11.9. The summed E-state index contributed by atoms with van der Waals surface area (Å²) < 4.78 is 22.5. The van der Waals surface area contributed by atoms with Gasteiger partial charge in [0.25, 0.3) is 5.91 Å². The molecule has 1 amide bonds. The molecule has 1 aliphatic rings. The molecule has 1 aromatic heterocycles. The van der Waals surface area contributed by atoms with Gasteiger partial charge in [-0.1, -0.05) is 0 Å². The van der Waals surface area contributed by atoms with Crippen LogP contribution in [0.1, 0.15) is 34.3 Å². The summed E-state index contributed by atoms with van der Waals surface area (Å²) in [6, 6.07) is 1.34. The first-order chi connectivity index (χ1) is 7.71. The minimum Gasteiger partial charge on any atom is -0.346 e. The van der Waals surface area contributed by atoms with Crippen molar-refractivity contribution in [3.8, 4) is 0 Å². The van der Waals surface area contributed by atoms with Crippen LogP contribution in [0.3, 0.4) is 0 Å². The number of hydrogen-bond acceptors (Lipinski definition) is 4. The van der Waals surface area contributed by atoms with E-state index in [9.17, 15) is 13.2 Å². The van der Waals surface area contributed by atoms with E-state index in [1.165, 1.54) is 6.07 Å². The average molecular weight is 274 g/mol. The maximum Gasteiger partial charge on any atom is 0.261 e. The quantitative estimate of drug-likeness (QED) is 0.861. The first-order valence-corrected chi connectivity index (χ1v) is 7.53. The summed E-state index contributed by atoms with van der Waals surface area (Å²) in [5, 5.41) is 7.93. The molecule has 0 saturated heterocycles. The molecule has 1 heterocycles. The van der Waals surface area contributed by atoms with Crippen molar-refractivity contribution in [2.24, 2.45) is 5.14 Å². The first-order valence-electron chi connectivity index (χ1n) is 5.17. The van der Waals surface area contributed by atoms with E-state index < -0.39 is 10.0 Å². The standard InChI is InChI=1S/C10H14N2O3S2/c1-6-8(17(11,14)15)5-7(16-6)9(13)12-10(2)3-4-10/h5H,3-4H2,1-2H3,(H,12,13)(H2,11,14,15). The van der Waals surface area contributed by atoms with E-state index in [1.54, 1.807) is 6.92 Å². The topological polar surface area (TPSA) is 89.3 Å². The fourth-order valence-corrected chi connectivity index (χ4v) is 3.55. The molecule has 7 heteroatoms. The Balaban J connectivity index is 2.26. The van der Waals surface area contributed by atoms with Gasteiger partial charge in [-0.25, -0.2) is 13.6 Å². The number of primary sulfonamides is 1. The summed E-state index contributed by atoms with van der Waals surface area (Å²) in [6.07, 6.45) is 1.93. The molecule has 0 aromatic carbocycles. The van der Waals surface area contributed by atoms with Crippen LogP contribution in [0, 0.1) is 6.92 Å². The monoisotopic (exact) mass is 274 g/mol. The van der Waals surface area contributed by atoms with Crippen LogP contribution >= 0.6 is 11.3 Å². The minimum atomic E-state index is -3.74. The lowest BCUT2D eigenvalue weighted by atomic mass is 10.3. The van der Waals surface area contributed by atoms with Gasteiger partial charge < -0.3 is 5.32 Å². The number of sulfonamides is 1. The molecule has 3 N–H and O–H groups in total. The van der Waals surface area contributed by atoms with E-state index in [-0.39, 0.29) is 16.3 Å². The molecular formula is C10H14N2O3S2. The maximum absolute atomic E-state index is 11.9. The lowest BCUT2D eigenvalue weighted by molar-refractivity contribution is 0.0939.